The second-order valence-electron chi connectivity index (χ2n) is 1.71. The van der Waals surface area contributed by atoms with Crippen molar-refractivity contribution in [1.82, 2.24) is 4.98 Å². The van der Waals surface area contributed by atoms with Crippen molar-refractivity contribution in [3.63, 3.8) is 0 Å². The molecule has 0 aliphatic rings. The Hall–Kier alpha value is -1.26. The second-order valence-corrected chi connectivity index (χ2v) is 1.71. The van der Waals surface area contributed by atoms with Crippen LogP contribution in [0.5, 0.6) is 0 Å². The first-order valence-corrected chi connectivity index (χ1v) is 2.54. The smallest absolute Gasteiger partial charge is 0.278 e. The van der Waals surface area contributed by atoms with Crippen LogP contribution < -0.4 is 0 Å². The van der Waals surface area contributed by atoms with Crippen LogP contribution in [0.4, 0.5) is 14.5 Å². The lowest BCUT2D eigenvalue weighted by molar-refractivity contribution is 0.147. The highest BCUT2D eigenvalue weighted by atomic mass is 19.3. The fraction of sp³-hybridized carbons (Fsp3) is 0.200. The molecule has 0 atom stereocenters. The van der Waals surface area contributed by atoms with Gasteiger partial charge in [0.2, 0.25) is 0 Å². The Balaban J connectivity index is 2.88. The van der Waals surface area contributed by atoms with E-state index in [1.807, 2.05) is 0 Å². The number of nitroso groups, excluding NO2 is 1. The van der Waals surface area contributed by atoms with Gasteiger partial charge in [-0.1, -0.05) is 0 Å². The van der Waals surface area contributed by atoms with E-state index in [0.29, 0.717) is 0 Å². The van der Waals surface area contributed by atoms with Crippen molar-refractivity contribution in [3.8, 4) is 0 Å². The molecule has 0 aromatic carbocycles. The molecule has 54 valence electrons. The van der Waals surface area contributed by atoms with Gasteiger partial charge in [-0.15, -0.1) is 4.91 Å². The van der Waals surface area contributed by atoms with E-state index in [1.54, 1.807) is 0 Å². The molecule has 0 aliphatic heterocycles. The highest BCUT2D eigenvalue weighted by Gasteiger charge is 2.08. The molecule has 0 saturated carbocycles. The van der Waals surface area contributed by atoms with Gasteiger partial charge in [-0.05, 0) is 11.2 Å². The van der Waals surface area contributed by atoms with Gasteiger partial charge in [-0.2, -0.15) is 0 Å². The van der Waals surface area contributed by atoms with Gasteiger partial charge < -0.3 is 4.98 Å². The Morgan fingerprint density at radius 3 is 2.60 bits per heavy atom. The highest BCUT2D eigenvalue weighted by molar-refractivity contribution is 5.36. The topological polar surface area (TPSA) is 45.2 Å². The average Bonchev–Trinajstić information content (AvgIpc) is 2.34. The van der Waals surface area contributed by atoms with Crippen molar-refractivity contribution in [2.45, 2.75) is 6.43 Å². The monoisotopic (exact) mass is 146 g/mol. The van der Waals surface area contributed by atoms with Gasteiger partial charge in [-0.3, -0.25) is 0 Å². The molecule has 1 heterocycles. The molecule has 0 radical (unpaired) electrons. The molecule has 1 rings (SSSR count). The average molecular weight is 146 g/mol. The lowest BCUT2D eigenvalue weighted by Gasteiger charge is -1.88. The summed E-state index contributed by atoms with van der Waals surface area (Å²) >= 11 is 0. The van der Waals surface area contributed by atoms with Crippen molar-refractivity contribution in [2.24, 2.45) is 5.18 Å². The Kier molecular flexibility index (Phi) is 1.75. The molecule has 5 heteroatoms. The molecule has 0 spiro atoms. The highest BCUT2D eigenvalue weighted by Crippen LogP contribution is 2.21. The number of nitrogens with one attached hydrogen (secondary N) is 1. The van der Waals surface area contributed by atoms with Crippen LogP contribution in [-0.2, 0) is 0 Å². The zero-order valence-electron chi connectivity index (χ0n) is 4.84. The maximum absolute atomic E-state index is 11.7. The molecule has 0 aliphatic carbocycles. The van der Waals surface area contributed by atoms with Crippen molar-refractivity contribution in [2.75, 3.05) is 0 Å². The molecule has 0 fully saturated rings. The summed E-state index contributed by atoms with van der Waals surface area (Å²) in [6.07, 6.45) is -1.44. The summed E-state index contributed by atoms with van der Waals surface area (Å²) in [4.78, 5) is 11.9. The number of hydrogen-bond donors (Lipinski definition) is 1. The minimum Gasteiger partial charge on any atom is -0.358 e. The predicted octanol–water partition coefficient (Wildman–Crippen LogP) is 2.35. The number of rotatable bonds is 2. The van der Waals surface area contributed by atoms with E-state index in [2.05, 4.69) is 10.2 Å². The van der Waals surface area contributed by atoms with Crippen molar-refractivity contribution in [3.05, 3.63) is 22.9 Å². The van der Waals surface area contributed by atoms with Gasteiger partial charge in [0.25, 0.3) is 6.43 Å². The molecule has 1 aromatic heterocycles. The number of alkyl halides is 2. The van der Waals surface area contributed by atoms with Crippen LogP contribution in [0, 0.1) is 4.91 Å². The number of nitrogens with zero attached hydrogens (tertiary/aromatic N) is 1. The SMILES string of the molecule is O=Nc1c[nH]c(C(F)F)c1. The molecule has 10 heavy (non-hydrogen) atoms. The fourth-order valence-corrected chi connectivity index (χ4v) is 0.579. The Morgan fingerprint density at radius 2 is 2.30 bits per heavy atom. The van der Waals surface area contributed by atoms with Gasteiger partial charge in [0.15, 0.2) is 0 Å². The number of aromatic nitrogens is 1. The van der Waals surface area contributed by atoms with Gasteiger partial charge in [0.1, 0.15) is 5.69 Å². The quantitative estimate of drug-likeness (QED) is 0.639. The molecule has 0 amide bonds. The second kappa shape index (κ2) is 2.55. The maximum atomic E-state index is 11.7. The van der Waals surface area contributed by atoms with Gasteiger partial charge in [0, 0.05) is 6.20 Å². The number of hydrogen-bond acceptors (Lipinski definition) is 2. The van der Waals surface area contributed by atoms with Crippen molar-refractivity contribution >= 4 is 5.69 Å². The first-order chi connectivity index (χ1) is 4.74. The van der Waals surface area contributed by atoms with Crippen LogP contribution in [0.2, 0.25) is 0 Å². The Labute approximate surface area is 55.0 Å². The zero-order valence-corrected chi connectivity index (χ0v) is 4.84. The van der Waals surface area contributed by atoms with E-state index in [-0.39, 0.29) is 11.4 Å². The summed E-state index contributed by atoms with van der Waals surface area (Å²) in [6.45, 7) is 0. The summed E-state index contributed by atoms with van der Waals surface area (Å²) in [5, 5.41) is 2.46. The molecule has 0 bridgehead atoms. The maximum Gasteiger partial charge on any atom is 0.278 e. The number of halogens is 2. The largest absolute Gasteiger partial charge is 0.358 e. The summed E-state index contributed by atoms with van der Waals surface area (Å²) in [5.74, 6) is 0. The van der Waals surface area contributed by atoms with E-state index in [1.165, 1.54) is 0 Å². The Bertz CT molecular complexity index is 233. The summed E-state index contributed by atoms with van der Waals surface area (Å²) in [6, 6.07) is 1.01. The van der Waals surface area contributed by atoms with Gasteiger partial charge in [0.05, 0.1) is 5.69 Å². The predicted molar refractivity (Wildman–Crippen MR) is 31.2 cm³/mol. The number of H-pyrrole nitrogens is 1. The van der Waals surface area contributed by atoms with Gasteiger partial charge >= 0.3 is 0 Å². The van der Waals surface area contributed by atoms with Crippen LogP contribution in [-0.4, -0.2) is 4.98 Å². The van der Waals surface area contributed by atoms with Gasteiger partial charge in [-0.25, -0.2) is 8.78 Å². The normalized spacial score (nSPS) is 10.3. The molecule has 0 saturated heterocycles. The third-order valence-corrected chi connectivity index (χ3v) is 1.03. The molecular weight excluding hydrogens is 142 g/mol. The van der Waals surface area contributed by atoms with Crippen LogP contribution in [0.1, 0.15) is 12.1 Å². The van der Waals surface area contributed by atoms with Crippen molar-refractivity contribution in [1.29, 1.82) is 0 Å². The minimum atomic E-state index is -2.57. The molecule has 0 unspecified atom stereocenters. The van der Waals surface area contributed by atoms with E-state index in [0.717, 1.165) is 12.3 Å². The Morgan fingerprint density at radius 1 is 1.60 bits per heavy atom. The standard InChI is InChI=1S/C5H4F2N2O/c6-5(7)4-1-3(9-10)2-8-4/h1-2,5,8H. The zero-order chi connectivity index (χ0) is 7.56. The van der Waals surface area contributed by atoms with Crippen LogP contribution in [0.3, 0.4) is 0 Å². The lowest BCUT2D eigenvalue weighted by atomic mass is 10.4. The lowest BCUT2D eigenvalue weighted by Crippen LogP contribution is -1.79. The van der Waals surface area contributed by atoms with Crippen LogP contribution >= 0.6 is 0 Å². The summed E-state index contributed by atoms with van der Waals surface area (Å²) in [5.41, 5.74) is -0.287. The van der Waals surface area contributed by atoms with Crippen LogP contribution in [0.15, 0.2) is 17.4 Å². The first-order valence-electron chi connectivity index (χ1n) is 2.54. The van der Waals surface area contributed by atoms with E-state index >= 15 is 0 Å². The van der Waals surface area contributed by atoms with E-state index < -0.39 is 6.43 Å². The van der Waals surface area contributed by atoms with E-state index in [4.69, 9.17) is 0 Å². The molecule has 3 nitrogen and oxygen atoms in total. The summed E-state index contributed by atoms with van der Waals surface area (Å²) < 4.78 is 23.5. The first kappa shape index (κ1) is 6.85. The third kappa shape index (κ3) is 1.18. The summed E-state index contributed by atoms with van der Waals surface area (Å²) in [7, 11) is 0. The van der Waals surface area contributed by atoms with Crippen LogP contribution in [0.25, 0.3) is 0 Å². The van der Waals surface area contributed by atoms with E-state index in [9.17, 15) is 13.7 Å². The molecular formula is C5H4F2N2O. The molecule has 1 N–H and O–H groups in total. The third-order valence-electron chi connectivity index (χ3n) is 1.03. The minimum absolute atomic E-state index is 0.00435. The fourth-order valence-electron chi connectivity index (χ4n) is 0.579. The number of aromatic amines is 1. The molecule has 1 aromatic rings. The van der Waals surface area contributed by atoms with Crippen molar-refractivity contribution < 1.29 is 8.78 Å².